The van der Waals surface area contributed by atoms with Crippen LogP contribution in [0.3, 0.4) is 0 Å². The van der Waals surface area contributed by atoms with Crippen molar-refractivity contribution in [3.63, 3.8) is 0 Å². The van der Waals surface area contributed by atoms with E-state index in [1.54, 1.807) is 32.3 Å². The van der Waals surface area contributed by atoms with Crippen LogP contribution >= 0.6 is 35.6 Å². The number of rotatable bonds is 6. The van der Waals surface area contributed by atoms with E-state index < -0.39 is 9.84 Å². The molecule has 7 nitrogen and oxygen atoms in total. The molecule has 1 aliphatic rings. The zero-order valence-electron chi connectivity index (χ0n) is 18.5. The molecule has 176 valence electrons. The minimum Gasteiger partial charge on any atom is -0.420 e. The molecule has 1 fully saturated rings. The second kappa shape index (κ2) is 9.53. The molecule has 1 saturated heterocycles. The highest BCUT2D eigenvalue weighted by Gasteiger charge is 2.34. The standard InChI is InChI=1S/C23H20ClN3O4S3/c1-14-8-10-16(11-9-14)34(29,30)20-22(26(2)3)31-19(25-20)12-18-21(28)27(23(32)33-18)13-15-6-4-5-7-17(15)24/h4-12H,13H2,1-3H3. The summed E-state index contributed by atoms with van der Waals surface area (Å²) in [5.74, 6) is -0.270. The van der Waals surface area contributed by atoms with Crippen LogP contribution in [0.25, 0.3) is 6.08 Å². The predicted octanol–water partition coefficient (Wildman–Crippen LogP) is 4.94. The van der Waals surface area contributed by atoms with Crippen molar-refractivity contribution < 1.29 is 17.6 Å². The number of sulfone groups is 1. The largest absolute Gasteiger partial charge is 0.420 e. The maximum Gasteiger partial charge on any atom is 0.266 e. The van der Waals surface area contributed by atoms with Crippen LogP contribution in [-0.2, 0) is 21.2 Å². The SMILES string of the molecule is Cc1ccc(S(=O)(=O)c2nc(C=C3SC(=S)N(Cc4ccccc4Cl)C3=O)oc2N(C)C)cc1. The van der Waals surface area contributed by atoms with Gasteiger partial charge in [-0.05, 0) is 30.7 Å². The molecule has 1 aliphatic heterocycles. The van der Waals surface area contributed by atoms with Crippen molar-refractivity contribution in [3.05, 3.63) is 75.5 Å². The zero-order valence-corrected chi connectivity index (χ0v) is 21.7. The molecule has 0 bridgehead atoms. The Labute approximate surface area is 212 Å². The lowest BCUT2D eigenvalue weighted by Crippen LogP contribution is -2.27. The quantitative estimate of drug-likeness (QED) is 0.325. The molecule has 4 rings (SSSR count). The Kier molecular flexibility index (Phi) is 6.86. The number of carbonyl (C=O) groups excluding carboxylic acids is 1. The number of hydrogen-bond donors (Lipinski definition) is 0. The number of hydrogen-bond acceptors (Lipinski definition) is 8. The van der Waals surface area contributed by atoms with E-state index in [9.17, 15) is 13.2 Å². The first-order valence-corrected chi connectivity index (χ1v) is 13.1. The predicted molar refractivity (Wildman–Crippen MR) is 138 cm³/mol. The molecule has 0 N–H and O–H groups in total. The number of carbonyl (C=O) groups is 1. The second-order valence-electron chi connectivity index (χ2n) is 7.73. The number of benzene rings is 2. The van der Waals surface area contributed by atoms with Gasteiger partial charge in [0.25, 0.3) is 5.91 Å². The van der Waals surface area contributed by atoms with Gasteiger partial charge in [-0.25, -0.2) is 8.42 Å². The Morgan fingerprint density at radius 1 is 1.18 bits per heavy atom. The monoisotopic (exact) mass is 533 g/mol. The van der Waals surface area contributed by atoms with Crippen molar-refractivity contribution in [1.82, 2.24) is 9.88 Å². The molecule has 3 aromatic rings. The van der Waals surface area contributed by atoms with Crippen LogP contribution in [0.1, 0.15) is 17.0 Å². The smallest absolute Gasteiger partial charge is 0.266 e. The fraction of sp³-hybridized carbons (Fsp3) is 0.174. The number of halogens is 1. The van der Waals surface area contributed by atoms with E-state index in [-0.39, 0.29) is 39.1 Å². The summed E-state index contributed by atoms with van der Waals surface area (Å²) in [6.07, 6.45) is 1.41. The molecule has 34 heavy (non-hydrogen) atoms. The van der Waals surface area contributed by atoms with Crippen LogP contribution in [-0.4, -0.2) is 42.6 Å². The third kappa shape index (κ3) is 4.76. The minimum atomic E-state index is -3.94. The molecule has 0 atom stereocenters. The normalized spacial score (nSPS) is 15.4. The van der Waals surface area contributed by atoms with E-state index in [1.807, 2.05) is 25.1 Å². The first-order chi connectivity index (χ1) is 16.1. The van der Waals surface area contributed by atoms with Gasteiger partial charge in [-0.2, -0.15) is 4.98 Å². The summed E-state index contributed by atoms with van der Waals surface area (Å²) >= 11 is 12.7. The highest BCUT2D eigenvalue weighted by molar-refractivity contribution is 8.26. The topological polar surface area (TPSA) is 83.7 Å². The van der Waals surface area contributed by atoms with Crippen molar-refractivity contribution >= 4 is 67.6 Å². The van der Waals surface area contributed by atoms with Gasteiger partial charge in [0.15, 0.2) is 0 Å². The first kappa shape index (κ1) is 24.5. The van der Waals surface area contributed by atoms with Gasteiger partial charge in [-0.1, -0.05) is 71.5 Å². The fourth-order valence-electron chi connectivity index (χ4n) is 3.21. The Balaban J connectivity index is 1.67. The van der Waals surface area contributed by atoms with Gasteiger partial charge in [-0.3, -0.25) is 9.69 Å². The van der Waals surface area contributed by atoms with Gasteiger partial charge in [-0.15, -0.1) is 0 Å². The maximum absolute atomic E-state index is 13.2. The summed E-state index contributed by atoms with van der Waals surface area (Å²) in [5, 5.41) is 0.314. The van der Waals surface area contributed by atoms with Crippen LogP contribution in [0.15, 0.2) is 67.8 Å². The molecule has 0 saturated carbocycles. The Hall–Kier alpha value is -2.66. The van der Waals surface area contributed by atoms with Crippen molar-refractivity contribution in [2.45, 2.75) is 23.4 Å². The average Bonchev–Trinajstić information content (AvgIpc) is 3.33. The molecular formula is C23H20ClN3O4S3. The highest BCUT2D eigenvalue weighted by Crippen LogP contribution is 2.36. The number of oxazole rings is 1. The van der Waals surface area contributed by atoms with E-state index in [2.05, 4.69) is 4.98 Å². The number of aromatic nitrogens is 1. The third-order valence-electron chi connectivity index (χ3n) is 5.00. The van der Waals surface area contributed by atoms with Gasteiger partial charge in [0.05, 0.1) is 16.3 Å². The van der Waals surface area contributed by atoms with Crippen molar-refractivity contribution in [1.29, 1.82) is 0 Å². The van der Waals surface area contributed by atoms with Crippen molar-refractivity contribution in [2.24, 2.45) is 0 Å². The number of thiocarbonyl (C=S) groups is 1. The lowest BCUT2D eigenvalue weighted by atomic mass is 10.2. The van der Waals surface area contributed by atoms with Crippen LogP contribution in [0, 0.1) is 6.92 Å². The Bertz CT molecular complexity index is 1410. The molecular weight excluding hydrogens is 514 g/mol. The molecule has 0 unspecified atom stereocenters. The van der Waals surface area contributed by atoms with Gasteiger partial charge in [0.2, 0.25) is 26.6 Å². The summed E-state index contributed by atoms with van der Waals surface area (Å²) in [6, 6.07) is 13.7. The fourth-order valence-corrected chi connectivity index (χ4v) is 6.00. The number of anilines is 1. The van der Waals surface area contributed by atoms with Crippen LogP contribution in [0.5, 0.6) is 0 Å². The van der Waals surface area contributed by atoms with Crippen LogP contribution in [0.2, 0.25) is 5.02 Å². The number of aryl methyl sites for hydroxylation is 1. The molecule has 0 spiro atoms. The van der Waals surface area contributed by atoms with E-state index in [0.29, 0.717) is 9.34 Å². The molecule has 0 radical (unpaired) electrons. The molecule has 2 aromatic carbocycles. The minimum absolute atomic E-state index is 0.00682. The Morgan fingerprint density at radius 3 is 2.50 bits per heavy atom. The van der Waals surface area contributed by atoms with Gasteiger partial charge in [0.1, 0.15) is 4.32 Å². The van der Waals surface area contributed by atoms with Gasteiger partial charge < -0.3 is 9.32 Å². The van der Waals surface area contributed by atoms with E-state index >= 15 is 0 Å². The lowest BCUT2D eigenvalue weighted by molar-refractivity contribution is -0.122. The number of thioether (sulfide) groups is 1. The third-order valence-corrected chi connectivity index (χ3v) is 8.42. The Morgan fingerprint density at radius 2 is 1.85 bits per heavy atom. The molecule has 11 heteroatoms. The molecule has 1 amide bonds. The van der Waals surface area contributed by atoms with Crippen LogP contribution < -0.4 is 4.90 Å². The zero-order chi connectivity index (χ0) is 24.6. The highest BCUT2D eigenvalue weighted by atomic mass is 35.5. The average molecular weight is 534 g/mol. The summed E-state index contributed by atoms with van der Waals surface area (Å²) in [5.41, 5.74) is 1.70. The molecule has 0 aliphatic carbocycles. The second-order valence-corrected chi connectivity index (χ2v) is 11.7. The molecule has 1 aromatic heterocycles. The number of amides is 1. The van der Waals surface area contributed by atoms with Crippen molar-refractivity contribution in [2.75, 3.05) is 19.0 Å². The van der Waals surface area contributed by atoms with E-state index in [0.717, 1.165) is 22.9 Å². The summed E-state index contributed by atoms with van der Waals surface area (Å²) in [6.45, 7) is 2.10. The first-order valence-electron chi connectivity index (χ1n) is 10.1. The van der Waals surface area contributed by atoms with Crippen LogP contribution in [0.4, 0.5) is 5.88 Å². The summed E-state index contributed by atoms with van der Waals surface area (Å²) in [7, 11) is -0.635. The molecule has 2 heterocycles. The number of nitrogens with zero attached hydrogens (tertiary/aromatic N) is 3. The lowest BCUT2D eigenvalue weighted by Gasteiger charge is -2.15. The summed E-state index contributed by atoms with van der Waals surface area (Å²) in [4.78, 5) is 20.6. The van der Waals surface area contributed by atoms with E-state index in [1.165, 1.54) is 28.0 Å². The summed E-state index contributed by atoms with van der Waals surface area (Å²) < 4.78 is 32.6. The van der Waals surface area contributed by atoms with Crippen molar-refractivity contribution in [3.8, 4) is 0 Å². The maximum atomic E-state index is 13.2. The van der Waals surface area contributed by atoms with E-state index in [4.69, 9.17) is 28.2 Å². The van der Waals surface area contributed by atoms with Gasteiger partial charge >= 0.3 is 0 Å². The van der Waals surface area contributed by atoms with Gasteiger partial charge in [0, 0.05) is 25.2 Å².